The van der Waals surface area contributed by atoms with Gasteiger partial charge in [-0.2, -0.15) is 0 Å². The standard InChI is InChI=1S/C30H34N4O2/c1-21-26(24-10-11-25(33-19-24)20-32-14-16-36)5-3-6-27(21)28-7-4-8-29(22(28)2)30-12-9-23(18-34-30)17-31-13-15-35/h3-12,18-19,31-32,35-36H,13-17,20H2,1-2H3. The summed E-state index contributed by atoms with van der Waals surface area (Å²) in [5, 5.41) is 24.2. The molecule has 0 bridgehead atoms. The summed E-state index contributed by atoms with van der Waals surface area (Å²) in [6.07, 6.45) is 3.82. The fourth-order valence-electron chi connectivity index (χ4n) is 4.43. The van der Waals surface area contributed by atoms with Crippen LogP contribution in [0, 0.1) is 13.8 Å². The van der Waals surface area contributed by atoms with Crippen molar-refractivity contribution in [2.75, 3.05) is 26.3 Å². The van der Waals surface area contributed by atoms with Crippen LogP contribution in [0.3, 0.4) is 0 Å². The van der Waals surface area contributed by atoms with E-state index in [1.54, 1.807) is 0 Å². The molecule has 0 aliphatic carbocycles. The maximum atomic E-state index is 8.95. The van der Waals surface area contributed by atoms with Gasteiger partial charge in [-0.05, 0) is 59.4 Å². The van der Waals surface area contributed by atoms with Crippen LogP contribution < -0.4 is 10.6 Å². The zero-order chi connectivity index (χ0) is 25.3. The van der Waals surface area contributed by atoms with Crippen LogP contribution in [0.1, 0.15) is 22.4 Å². The Labute approximate surface area is 213 Å². The van der Waals surface area contributed by atoms with Gasteiger partial charge >= 0.3 is 0 Å². The highest BCUT2D eigenvalue weighted by molar-refractivity contribution is 5.83. The molecule has 0 saturated heterocycles. The molecule has 6 nitrogen and oxygen atoms in total. The summed E-state index contributed by atoms with van der Waals surface area (Å²) in [6.45, 7) is 7.03. The van der Waals surface area contributed by atoms with Crippen LogP contribution in [-0.4, -0.2) is 46.5 Å². The average molecular weight is 483 g/mol. The van der Waals surface area contributed by atoms with Crippen molar-refractivity contribution in [3.05, 3.63) is 95.4 Å². The number of rotatable bonds is 11. The number of aliphatic hydroxyl groups is 2. The van der Waals surface area contributed by atoms with Crippen LogP contribution in [0.5, 0.6) is 0 Å². The van der Waals surface area contributed by atoms with Crippen molar-refractivity contribution in [3.8, 4) is 33.5 Å². The zero-order valence-electron chi connectivity index (χ0n) is 21.0. The first kappa shape index (κ1) is 25.7. The number of aromatic nitrogens is 2. The maximum Gasteiger partial charge on any atom is 0.0705 e. The van der Waals surface area contributed by atoms with Gasteiger partial charge < -0.3 is 20.8 Å². The van der Waals surface area contributed by atoms with E-state index in [-0.39, 0.29) is 13.2 Å². The molecule has 36 heavy (non-hydrogen) atoms. The van der Waals surface area contributed by atoms with E-state index in [1.807, 2.05) is 18.5 Å². The van der Waals surface area contributed by atoms with Crippen molar-refractivity contribution in [3.63, 3.8) is 0 Å². The highest BCUT2D eigenvalue weighted by Crippen LogP contribution is 2.36. The van der Waals surface area contributed by atoms with Crippen LogP contribution in [0.2, 0.25) is 0 Å². The Morgan fingerprint density at radius 2 is 1.28 bits per heavy atom. The van der Waals surface area contributed by atoms with Crippen molar-refractivity contribution in [2.24, 2.45) is 0 Å². The minimum absolute atomic E-state index is 0.120. The summed E-state index contributed by atoms with van der Waals surface area (Å²) in [4.78, 5) is 9.32. The van der Waals surface area contributed by atoms with Crippen molar-refractivity contribution in [1.82, 2.24) is 20.6 Å². The zero-order valence-corrected chi connectivity index (χ0v) is 21.0. The summed E-state index contributed by atoms with van der Waals surface area (Å²) in [6, 6.07) is 21.1. The van der Waals surface area contributed by atoms with Crippen molar-refractivity contribution >= 4 is 0 Å². The number of nitrogens with zero attached hydrogens (tertiary/aromatic N) is 2. The molecule has 4 rings (SSSR count). The normalized spacial score (nSPS) is 11.1. The summed E-state index contributed by atoms with van der Waals surface area (Å²) >= 11 is 0. The van der Waals surface area contributed by atoms with Gasteiger partial charge in [0.1, 0.15) is 0 Å². The van der Waals surface area contributed by atoms with Crippen LogP contribution >= 0.6 is 0 Å². The number of aliphatic hydroxyl groups excluding tert-OH is 2. The summed E-state index contributed by atoms with van der Waals surface area (Å²) in [7, 11) is 0. The van der Waals surface area contributed by atoms with Gasteiger partial charge in [0, 0.05) is 49.7 Å². The first-order valence-electron chi connectivity index (χ1n) is 12.4. The second kappa shape index (κ2) is 12.5. The Hall–Kier alpha value is -3.42. The van der Waals surface area contributed by atoms with Gasteiger partial charge in [0.25, 0.3) is 0 Å². The molecule has 0 unspecified atom stereocenters. The quantitative estimate of drug-likeness (QED) is 0.239. The summed E-state index contributed by atoms with van der Waals surface area (Å²) < 4.78 is 0. The highest BCUT2D eigenvalue weighted by Gasteiger charge is 2.13. The molecule has 2 aromatic carbocycles. The van der Waals surface area contributed by atoms with Crippen LogP contribution in [-0.2, 0) is 13.1 Å². The molecule has 4 N–H and O–H groups in total. The number of pyridine rings is 2. The number of nitrogens with one attached hydrogen (secondary N) is 2. The summed E-state index contributed by atoms with van der Waals surface area (Å²) in [5.41, 5.74) is 11.2. The van der Waals surface area contributed by atoms with E-state index in [4.69, 9.17) is 15.2 Å². The van der Waals surface area contributed by atoms with E-state index in [1.165, 1.54) is 22.3 Å². The van der Waals surface area contributed by atoms with Gasteiger partial charge in [-0.15, -0.1) is 0 Å². The van der Waals surface area contributed by atoms with Gasteiger partial charge in [0.15, 0.2) is 0 Å². The molecule has 0 aliphatic rings. The molecule has 0 amide bonds. The first-order valence-corrected chi connectivity index (χ1v) is 12.4. The first-order chi connectivity index (χ1) is 17.6. The van der Waals surface area contributed by atoms with E-state index in [0.29, 0.717) is 26.2 Å². The molecule has 4 aromatic rings. The molecule has 186 valence electrons. The molecule has 0 spiro atoms. The maximum absolute atomic E-state index is 8.95. The fraction of sp³-hybridized carbons (Fsp3) is 0.267. The molecule has 2 heterocycles. The van der Waals surface area contributed by atoms with Gasteiger partial charge in [-0.25, -0.2) is 0 Å². The second-order valence-electron chi connectivity index (χ2n) is 8.85. The lowest BCUT2D eigenvalue weighted by atomic mass is 9.89. The third kappa shape index (κ3) is 6.04. The monoisotopic (exact) mass is 482 g/mol. The molecule has 0 saturated carbocycles. The van der Waals surface area contributed by atoms with E-state index < -0.39 is 0 Å². The SMILES string of the molecule is Cc1c(-c2ccc(CNCCO)nc2)cccc1-c1cccc(-c2ccc(CNCCO)cn2)c1C. The lowest BCUT2D eigenvalue weighted by Gasteiger charge is -2.16. The fourth-order valence-corrected chi connectivity index (χ4v) is 4.43. The lowest BCUT2D eigenvalue weighted by molar-refractivity contribution is 0.291. The Morgan fingerprint density at radius 3 is 1.89 bits per heavy atom. The van der Waals surface area contributed by atoms with Crippen molar-refractivity contribution < 1.29 is 10.2 Å². The van der Waals surface area contributed by atoms with E-state index in [0.717, 1.165) is 33.6 Å². The summed E-state index contributed by atoms with van der Waals surface area (Å²) in [5.74, 6) is 0. The molecular formula is C30H34N4O2. The molecular weight excluding hydrogens is 448 g/mol. The molecule has 0 fully saturated rings. The Balaban J connectivity index is 1.60. The van der Waals surface area contributed by atoms with Gasteiger partial charge in [-0.1, -0.05) is 48.5 Å². The predicted molar refractivity (Wildman–Crippen MR) is 145 cm³/mol. The lowest BCUT2D eigenvalue weighted by Crippen LogP contribution is -2.18. The Morgan fingerprint density at radius 1 is 0.639 bits per heavy atom. The van der Waals surface area contributed by atoms with Gasteiger partial charge in [-0.3, -0.25) is 9.97 Å². The predicted octanol–water partition coefficient (Wildman–Crippen LogP) is 4.26. The van der Waals surface area contributed by atoms with Crippen LogP contribution in [0.4, 0.5) is 0 Å². The number of benzene rings is 2. The van der Waals surface area contributed by atoms with E-state index in [2.05, 4.69) is 84.1 Å². The van der Waals surface area contributed by atoms with Gasteiger partial charge in [0.05, 0.1) is 24.6 Å². The van der Waals surface area contributed by atoms with E-state index >= 15 is 0 Å². The Kier molecular flexibility index (Phi) is 8.92. The van der Waals surface area contributed by atoms with E-state index in [9.17, 15) is 0 Å². The van der Waals surface area contributed by atoms with Crippen molar-refractivity contribution in [2.45, 2.75) is 26.9 Å². The second-order valence-corrected chi connectivity index (χ2v) is 8.85. The minimum Gasteiger partial charge on any atom is -0.395 e. The van der Waals surface area contributed by atoms with Crippen LogP contribution in [0.15, 0.2) is 73.1 Å². The highest BCUT2D eigenvalue weighted by atomic mass is 16.3. The topological polar surface area (TPSA) is 90.3 Å². The minimum atomic E-state index is 0.120. The largest absolute Gasteiger partial charge is 0.395 e. The number of hydrogen-bond donors (Lipinski definition) is 4. The Bertz CT molecular complexity index is 1170. The smallest absolute Gasteiger partial charge is 0.0705 e. The van der Waals surface area contributed by atoms with Gasteiger partial charge in [0.2, 0.25) is 0 Å². The molecule has 0 aliphatic heterocycles. The average Bonchev–Trinajstić information content (AvgIpc) is 2.91. The third-order valence-corrected chi connectivity index (χ3v) is 6.41. The molecule has 0 atom stereocenters. The number of hydrogen-bond acceptors (Lipinski definition) is 6. The molecule has 2 aromatic heterocycles. The van der Waals surface area contributed by atoms with Crippen molar-refractivity contribution in [1.29, 1.82) is 0 Å². The third-order valence-electron chi connectivity index (χ3n) is 6.41. The molecule has 0 radical (unpaired) electrons. The molecule has 6 heteroatoms. The van der Waals surface area contributed by atoms with Crippen LogP contribution in [0.25, 0.3) is 33.5 Å².